The van der Waals surface area contributed by atoms with E-state index < -0.39 is 10.0 Å². The lowest BCUT2D eigenvalue weighted by Crippen LogP contribution is -2.30. The molecule has 5 nitrogen and oxygen atoms in total. The van der Waals surface area contributed by atoms with Crippen molar-refractivity contribution in [1.29, 1.82) is 0 Å². The maximum Gasteiger partial charge on any atom is 0.240 e. The first-order valence-corrected chi connectivity index (χ1v) is 8.19. The third kappa shape index (κ3) is 3.45. The summed E-state index contributed by atoms with van der Waals surface area (Å²) in [5, 5.41) is 3.01. The highest BCUT2D eigenvalue weighted by molar-refractivity contribution is 7.89. The molecule has 1 aromatic rings. The molecule has 1 aliphatic rings. The van der Waals surface area contributed by atoms with Crippen molar-refractivity contribution in [1.82, 2.24) is 9.71 Å². The third-order valence-electron chi connectivity index (χ3n) is 3.74. The first kappa shape index (κ1) is 14.3. The first-order chi connectivity index (χ1) is 9.01. The molecule has 1 aliphatic carbocycles. The molecule has 0 aromatic carbocycles. The minimum atomic E-state index is -3.43. The van der Waals surface area contributed by atoms with Crippen molar-refractivity contribution in [2.24, 2.45) is 5.41 Å². The highest BCUT2D eigenvalue weighted by Crippen LogP contribution is 2.48. The molecule has 0 bridgehead atoms. The molecule has 1 saturated carbocycles. The molecule has 106 valence electrons. The van der Waals surface area contributed by atoms with Gasteiger partial charge in [-0.05, 0) is 37.7 Å². The average molecular weight is 283 g/mol. The number of hydrogen-bond acceptors (Lipinski definition) is 4. The normalized spacial score (nSPS) is 17.2. The lowest BCUT2D eigenvalue weighted by atomic mass is 10.1. The molecule has 1 heterocycles. The fraction of sp³-hybridized carbons (Fsp3) is 0.615. The van der Waals surface area contributed by atoms with Crippen LogP contribution in [0.3, 0.4) is 0 Å². The van der Waals surface area contributed by atoms with Crippen molar-refractivity contribution in [3.8, 4) is 0 Å². The third-order valence-corrected chi connectivity index (χ3v) is 5.14. The second kappa shape index (κ2) is 5.46. The molecule has 0 unspecified atom stereocenters. The van der Waals surface area contributed by atoms with Gasteiger partial charge >= 0.3 is 0 Å². The number of rotatable bonds is 7. The number of anilines is 1. The first-order valence-electron chi connectivity index (χ1n) is 6.71. The second-order valence-corrected chi connectivity index (χ2v) is 6.85. The zero-order valence-corrected chi connectivity index (χ0v) is 12.3. The van der Waals surface area contributed by atoms with E-state index in [1.807, 2.05) is 6.92 Å². The second-order valence-electron chi connectivity index (χ2n) is 5.09. The Kier molecular flexibility index (Phi) is 4.10. The molecule has 0 radical (unpaired) electrons. The number of hydrogen-bond donors (Lipinski definition) is 2. The Morgan fingerprint density at radius 1 is 1.37 bits per heavy atom. The van der Waals surface area contributed by atoms with Crippen LogP contribution in [0.2, 0.25) is 0 Å². The van der Waals surface area contributed by atoms with Gasteiger partial charge in [-0.1, -0.05) is 6.92 Å². The fourth-order valence-corrected chi connectivity index (χ4v) is 3.19. The summed E-state index contributed by atoms with van der Waals surface area (Å²) in [6.45, 7) is 5.30. The largest absolute Gasteiger partial charge is 0.370 e. The van der Waals surface area contributed by atoms with Crippen LogP contribution < -0.4 is 10.0 Å². The Hall–Kier alpha value is -1.14. The average Bonchev–Trinajstić information content (AvgIpc) is 3.18. The Morgan fingerprint density at radius 3 is 2.68 bits per heavy atom. The Balaban J connectivity index is 2.08. The summed E-state index contributed by atoms with van der Waals surface area (Å²) >= 11 is 0. The summed E-state index contributed by atoms with van der Waals surface area (Å²) in [6, 6.07) is 3.09. The molecule has 0 spiro atoms. The predicted octanol–water partition coefficient (Wildman–Crippen LogP) is 1.98. The van der Waals surface area contributed by atoms with Gasteiger partial charge in [-0.2, -0.15) is 0 Å². The number of nitrogens with zero attached hydrogens (tertiary/aromatic N) is 1. The van der Waals surface area contributed by atoms with Gasteiger partial charge in [0.25, 0.3) is 0 Å². The van der Waals surface area contributed by atoms with E-state index in [1.54, 1.807) is 6.07 Å². The van der Waals surface area contributed by atoms with Crippen molar-refractivity contribution in [3.63, 3.8) is 0 Å². The fourth-order valence-electron chi connectivity index (χ4n) is 2.02. The smallest absolute Gasteiger partial charge is 0.240 e. The van der Waals surface area contributed by atoms with E-state index in [0.717, 1.165) is 19.3 Å². The van der Waals surface area contributed by atoms with E-state index in [4.69, 9.17) is 0 Å². The van der Waals surface area contributed by atoms with Gasteiger partial charge in [-0.25, -0.2) is 18.1 Å². The summed E-state index contributed by atoms with van der Waals surface area (Å²) in [5.41, 5.74) is 0.199. The van der Waals surface area contributed by atoms with Gasteiger partial charge < -0.3 is 5.32 Å². The molecular formula is C13H21N3O2S. The molecular weight excluding hydrogens is 262 g/mol. The van der Waals surface area contributed by atoms with Gasteiger partial charge in [0, 0.05) is 25.4 Å². The summed E-state index contributed by atoms with van der Waals surface area (Å²) in [7, 11) is -3.43. The van der Waals surface area contributed by atoms with E-state index >= 15 is 0 Å². The van der Waals surface area contributed by atoms with Crippen LogP contribution in [-0.4, -0.2) is 26.5 Å². The van der Waals surface area contributed by atoms with E-state index in [1.165, 1.54) is 12.3 Å². The zero-order chi connectivity index (χ0) is 13.9. The van der Waals surface area contributed by atoms with E-state index in [-0.39, 0.29) is 10.3 Å². The van der Waals surface area contributed by atoms with E-state index in [2.05, 4.69) is 21.9 Å². The van der Waals surface area contributed by atoms with Crippen LogP contribution >= 0.6 is 0 Å². The lowest BCUT2D eigenvalue weighted by molar-refractivity contribution is 0.475. The van der Waals surface area contributed by atoms with Crippen molar-refractivity contribution >= 4 is 15.8 Å². The van der Waals surface area contributed by atoms with Crippen LogP contribution in [-0.2, 0) is 10.0 Å². The maximum atomic E-state index is 12.2. The molecule has 0 aliphatic heterocycles. The number of pyridine rings is 1. The van der Waals surface area contributed by atoms with E-state index in [9.17, 15) is 8.42 Å². The van der Waals surface area contributed by atoms with E-state index in [0.29, 0.717) is 18.9 Å². The quantitative estimate of drug-likeness (QED) is 0.802. The summed E-state index contributed by atoms with van der Waals surface area (Å²) < 4.78 is 27.1. The van der Waals surface area contributed by atoms with Crippen molar-refractivity contribution in [2.45, 2.75) is 38.0 Å². The van der Waals surface area contributed by atoms with Crippen molar-refractivity contribution in [2.75, 3.05) is 18.4 Å². The van der Waals surface area contributed by atoms with Gasteiger partial charge in [0.15, 0.2) is 0 Å². The van der Waals surface area contributed by atoms with Gasteiger partial charge in [0.2, 0.25) is 10.0 Å². The standard InChI is InChI=1S/C13H21N3O2S/c1-3-13(6-7-13)10-16-19(17,18)11-5-8-15-12(9-11)14-4-2/h5,8-9,16H,3-4,6-7,10H2,1-2H3,(H,14,15). The highest BCUT2D eigenvalue weighted by atomic mass is 32.2. The van der Waals surface area contributed by atoms with Gasteiger partial charge in [-0.15, -0.1) is 0 Å². The van der Waals surface area contributed by atoms with Gasteiger partial charge in [-0.3, -0.25) is 0 Å². The van der Waals surface area contributed by atoms with Crippen LogP contribution in [0, 0.1) is 5.41 Å². The Bertz CT molecular complexity index is 539. The molecule has 0 amide bonds. The molecule has 6 heteroatoms. The number of sulfonamides is 1. The summed E-state index contributed by atoms with van der Waals surface area (Å²) in [4.78, 5) is 4.35. The summed E-state index contributed by atoms with van der Waals surface area (Å²) in [5.74, 6) is 0.585. The molecule has 0 atom stereocenters. The molecule has 2 N–H and O–H groups in total. The maximum absolute atomic E-state index is 12.2. The summed E-state index contributed by atoms with van der Waals surface area (Å²) in [6.07, 6.45) is 4.77. The highest BCUT2D eigenvalue weighted by Gasteiger charge is 2.41. The van der Waals surface area contributed by atoms with Crippen molar-refractivity contribution in [3.05, 3.63) is 18.3 Å². The minimum absolute atomic E-state index is 0.199. The molecule has 1 fully saturated rings. The van der Waals surface area contributed by atoms with Crippen LogP contribution in [0.25, 0.3) is 0 Å². The van der Waals surface area contributed by atoms with Gasteiger partial charge in [0.1, 0.15) is 5.82 Å². The molecule has 19 heavy (non-hydrogen) atoms. The van der Waals surface area contributed by atoms with Gasteiger partial charge in [0.05, 0.1) is 4.90 Å². The van der Waals surface area contributed by atoms with Crippen molar-refractivity contribution < 1.29 is 8.42 Å². The molecule has 0 saturated heterocycles. The van der Waals surface area contributed by atoms with Crippen LogP contribution in [0.1, 0.15) is 33.1 Å². The number of nitrogens with one attached hydrogen (secondary N) is 2. The van der Waals surface area contributed by atoms with Crippen LogP contribution in [0.15, 0.2) is 23.2 Å². The Labute approximate surface area is 114 Å². The molecule has 2 rings (SSSR count). The SMILES string of the molecule is CCNc1cc(S(=O)(=O)NCC2(CC)CC2)ccn1. The predicted molar refractivity (Wildman–Crippen MR) is 75.5 cm³/mol. The molecule has 1 aromatic heterocycles. The monoisotopic (exact) mass is 283 g/mol. The topological polar surface area (TPSA) is 71.1 Å². The zero-order valence-electron chi connectivity index (χ0n) is 11.4. The van der Waals surface area contributed by atoms with Crippen LogP contribution in [0.5, 0.6) is 0 Å². The minimum Gasteiger partial charge on any atom is -0.370 e. The van der Waals surface area contributed by atoms with Crippen LogP contribution in [0.4, 0.5) is 5.82 Å². The lowest BCUT2D eigenvalue weighted by Gasteiger charge is -2.14. The Morgan fingerprint density at radius 2 is 2.11 bits per heavy atom. The number of aromatic nitrogens is 1.